The van der Waals surface area contributed by atoms with Crippen LogP contribution in [0.5, 0.6) is 5.75 Å². The lowest BCUT2D eigenvalue weighted by atomic mass is 9.80. The topological polar surface area (TPSA) is 52.6 Å². The molecule has 31 heavy (non-hydrogen) atoms. The van der Waals surface area contributed by atoms with Crippen LogP contribution < -0.4 is 4.74 Å². The lowest BCUT2D eigenvalue weighted by Crippen LogP contribution is -2.22. The third-order valence-electron chi connectivity index (χ3n) is 5.86. The Bertz CT molecular complexity index is 919. The standard InChI is InChI=1S/C27H36O4/c1-9-20-11-13-21(14-12-20)26(29)31-24-17(3)15-22(27(6,7)8)16-23(24)18(4)19(5)25(28)30-10-2/h11-16,18-19H,9-10H2,1-8H3. The van der Waals surface area contributed by atoms with Gasteiger partial charge in [-0.3, -0.25) is 4.79 Å². The summed E-state index contributed by atoms with van der Waals surface area (Å²) in [5.74, 6) is -0.657. The van der Waals surface area contributed by atoms with E-state index in [-0.39, 0.29) is 23.2 Å². The summed E-state index contributed by atoms with van der Waals surface area (Å²) in [7, 11) is 0. The molecule has 0 saturated heterocycles. The summed E-state index contributed by atoms with van der Waals surface area (Å²) in [6.45, 7) is 16.4. The van der Waals surface area contributed by atoms with Crippen LogP contribution in [0.1, 0.15) is 87.0 Å². The van der Waals surface area contributed by atoms with Crippen molar-refractivity contribution in [3.8, 4) is 5.75 Å². The molecule has 0 aliphatic carbocycles. The molecule has 0 saturated carbocycles. The van der Waals surface area contributed by atoms with Crippen molar-refractivity contribution in [1.29, 1.82) is 0 Å². The monoisotopic (exact) mass is 424 g/mol. The molecule has 0 aliphatic rings. The smallest absolute Gasteiger partial charge is 0.343 e. The van der Waals surface area contributed by atoms with Gasteiger partial charge in [0.15, 0.2) is 0 Å². The van der Waals surface area contributed by atoms with Gasteiger partial charge < -0.3 is 9.47 Å². The van der Waals surface area contributed by atoms with E-state index in [0.717, 1.165) is 23.1 Å². The molecule has 4 nitrogen and oxygen atoms in total. The fraction of sp³-hybridized carbons (Fsp3) is 0.481. The van der Waals surface area contributed by atoms with Gasteiger partial charge in [0.25, 0.3) is 0 Å². The first-order valence-electron chi connectivity index (χ1n) is 11.1. The van der Waals surface area contributed by atoms with Gasteiger partial charge in [-0.25, -0.2) is 4.79 Å². The number of benzene rings is 2. The summed E-state index contributed by atoms with van der Waals surface area (Å²) < 4.78 is 11.2. The molecule has 2 aromatic rings. The second-order valence-corrected chi connectivity index (χ2v) is 9.23. The highest BCUT2D eigenvalue weighted by Crippen LogP contribution is 2.39. The van der Waals surface area contributed by atoms with Crippen LogP contribution in [0.25, 0.3) is 0 Å². The highest BCUT2D eigenvalue weighted by molar-refractivity contribution is 5.91. The van der Waals surface area contributed by atoms with Crippen LogP contribution in [-0.2, 0) is 21.4 Å². The molecule has 2 atom stereocenters. The van der Waals surface area contributed by atoms with Gasteiger partial charge >= 0.3 is 11.9 Å². The summed E-state index contributed by atoms with van der Waals surface area (Å²) in [6, 6.07) is 11.6. The zero-order chi connectivity index (χ0) is 23.3. The SMILES string of the molecule is CCOC(=O)C(C)C(C)c1cc(C(C)(C)C)cc(C)c1OC(=O)c1ccc(CC)cc1. The van der Waals surface area contributed by atoms with E-state index in [9.17, 15) is 9.59 Å². The number of aryl methyl sites for hydroxylation is 2. The highest BCUT2D eigenvalue weighted by atomic mass is 16.5. The fourth-order valence-corrected chi connectivity index (χ4v) is 3.49. The van der Waals surface area contributed by atoms with Crippen LogP contribution in [-0.4, -0.2) is 18.5 Å². The van der Waals surface area contributed by atoms with E-state index in [1.807, 2.05) is 32.9 Å². The van der Waals surface area contributed by atoms with Gasteiger partial charge in [0.2, 0.25) is 0 Å². The second-order valence-electron chi connectivity index (χ2n) is 9.23. The largest absolute Gasteiger partial charge is 0.466 e. The number of hydrogen-bond donors (Lipinski definition) is 0. The minimum absolute atomic E-state index is 0.0785. The Morgan fingerprint density at radius 3 is 2.13 bits per heavy atom. The first-order valence-corrected chi connectivity index (χ1v) is 11.1. The quantitative estimate of drug-likeness (QED) is 0.382. The Balaban J connectivity index is 2.49. The summed E-state index contributed by atoms with van der Waals surface area (Å²) in [4.78, 5) is 25.3. The van der Waals surface area contributed by atoms with Gasteiger partial charge in [-0.15, -0.1) is 0 Å². The zero-order valence-corrected chi connectivity index (χ0v) is 20.2. The van der Waals surface area contributed by atoms with Gasteiger partial charge in [0, 0.05) is 0 Å². The predicted molar refractivity (Wildman–Crippen MR) is 125 cm³/mol. The average molecular weight is 425 g/mol. The Hall–Kier alpha value is -2.62. The van der Waals surface area contributed by atoms with Crippen molar-refractivity contribution in [2.45, 2.75) is 73.1 Å². The fourth-order valence-electron chi connectivity index (χ4n) is 3.49. The molecule has 0 aliphatic heterocycles. The molecular weight excluding hydrogens is 388 g/mol. The first kappa shape index (κ1) is 24.6. The Morgan fingerprint density at radius 1 is 1.00 bits per heavy atom. The van der Waals surface area contributed by atoms with Gasteiger partial charge in [-0.1, -0.05) is 65.8 Å². The van der Waals surface area contributed by atoms with E-state index in [1.165, 1.54) is 5.56 Å². The molecule has 168 valence electrons. The maximum absolute atomic E-state index is 12.9. The molecule has 0 heterocycles. The van der Waals surface area contributed by atoms with Crippen LogP contribution in [0.2, 0.25) is 0 Å². The van der Waals surface area contributed by atoms with Crippen molar-refractivity contribution in [1.82, 2.24) is 0 Å². The molecule has 0 bridgehead atoms. The van der Waals surface area contributed by atoms with Crippen molar-refractivity contribution in [3.63, 3.8) is 0 Å². The number of carbonyl (C=O) groups excluding carboxylic acids is 2. The lowest BCUT2D eigenvalue weighted by molar-refractivity contribution is -0.148. The van der Waals surface area contributed by atoms with E-state index in [1.54, 1.807) is 19.1 Å². The molecule has 4 heteroatoms. The van der Waals surface area contributed by atoms with E-state index in [2.05, 4.69) is 39.8 Å². The third-order valence-corrected chi connectivity index (χ3v) is 5.86. The van der Waals surface area contributed by atoms with Gasteiger partial charge in [0.05, 0.1) is 18.1 Å². The summed E-state index contributed by atoms with van der Waals surface area (Å²) >= 11 is 0. The molecule has 0 aromatic heterocycles. The molecule has 0 fully saturated rings. The van der Waals surface area contributed by atoms with Crippen molar-refractivity contribution in [3.05, 3.63) is 64.2 Å². The summed E-state index contributed by atoms with van der Waals surface area (Å²) in [5.41, 5.74) is 4.46. The van der Waals surface area contributed by atoms with Gasteiger partial charge in [-0.05, 0) is 66.0 Å². The van der Waals surface area contributed by atoms with Crippen LogP contribution in [0.15, 0.2) is 36.4 Å². The van der Waals surface area contributed by atoms with E-state index in [0.29, 0.717) is 17.9 Å². The van der Waals surface area contributed by atoms with Gasteiger partial charge in [-0.2, -0.15) is 0 Å². The number of hydrogen-bond acceptors (Lipinski definition) is 4. The van der Waals surface area contributed by atoms with E-state index >= 15 is 0 Å². The molecule has 2 aromatic carbocycles. The van der Waals surface area contributed by atoms with Crippen molar-refractivity contribution in [2.24, 2.45) is 5.92 Å². The van der Waals surface area contributed by atoms with Gasteiger partial charge in [0.1, 0.15) is 5.75 Å². The first-order chi connectivity index (χ1) is 14.5. The molecule has 0 N–H and O–H groups in total. The van der Waals surface area contributed by atoms with E-state index < -0.39 is 5.97 Å². The number of rotatable bonds is 7. The van der Waals surface area contributed by atoms with Crippen molar-refractivity contribution < 1.29 is 19.1 Å². The van der Waals surface area contributed by atoms with E-state index in [4.69, 9.17) is 9.47 Å². The third kappa shape index (κ3) is 5.96. The Labute approximate surface area is 187 Å². The normalized spacial score (nSPS) is 13.4. The molecular formula is C27H36O4. The minimum Gasteiger partial charge on any atom is -0.466 e. The summed E-state index contributed by atoms with van der Waals surface area (Å²) in [6.07, 6.45) is 0.913. The van der Waals surface area contributed by atoms with Crippen molar-refractivity contribution in [2.75, 3.05) is 6.61 Å². The second kappa shape index (κ2) is 10.1. The molecule has 2 unspecified atom stereocenters. The number of ether oxygens (including phenoxy) is 2. The lowest BCUT2D eigenvalue weighted by Gasteiger charge is -2.27. The predicted octanol–water partition coefficient (Wildman–Crippen LogP) is 6.38. The molecule has 0 spiro atoms. The van der Waals surface area contributed by atoms with Crippen LogP contribution in [0.4, 0.5) is 0 Å². The zero-order valence-electron chi connectivity index (χ0n) is 20.2. The highest BCUT2D eigenvalue weighted by Gasteiger charge is 2.29. The number of esters is 2. The minimum atomic E-state index is -0.397. The average Bonchev–Trinajstić information content (AvgIpc) is 2.73. The molecule has 0 amide bonds. The van der Waals surface area contributed by atoms with Crippen LogP contribution >= 0.6 is 0 Å². The van der Waals surface area contributed by atoms with Crippen molar-refractivity contribution >= 4 is 11.9 Å². The maximum Gasteiger partial charge on any atom is 0.343 e. The number of carbonyl (C=O) groups is 2. The molecule has 0 radical (unpaired) electrons. The maximum atomic E-state index is 12.9. The Morgan fingerprint density at radius 2 is 1.61 bits per heavy atom. The van der Waals surface area contributed by atoms with Crippen LogP contribution in [0, 0.1) is 12.8 Å². The summed E-state index contributed by atoms with van der Waals surface area (Å²) in [5, 5.41) is 0. The van der Waals surface area contributed by atoms with Crippen LogP contribution in [0.3, 0.4) is 0 Å². The Kier molecular flexibility index (Phi) is 8.05. The molecule has 2 rings (SSSR count).